The smallest absolute Gasteiger partial charge is 0.335 e. The largest absolute Gasteiger partial charge is 0.488 e. The van der Waals surface area contributed by atoms with Gasteiger partial charge in [-0.1, -0.05) is 11.6 Å². The van der Waals surface area contributed by atoms with Crippen LogP contribution in [0.15, 0.2) is 36.4 Å². The fraction of sp³-hybridized carbons (Fsp3) is 0.333. The lowest BCUT2D eigenvalue weighted by Gasteiger charge is -2.33. The maximum absolute atomic E-state index is 12.9. The lowest BCUT2D eigenvalue weighted by Crippen LogP contribution is -2.36. The minimum absolute atomic E-state index is 0.0564. The van der Waals surface area contributed by atoms with E-state index in [1.807, 2.05) is 15.9 Å². The highest BCUT2D eigenvalue weighted by molar-refractivity contribution is 6.35. The van der Waals surface area contributed by atoms with E-state index in [1.54, 1.807) is 30.3 Å². The van der Waals surface area contributed by atoms with Crippen LogP contribution in [-0.4, -0.2) is 48.1 Å². The number of halogens is 1. The zero-order valence-corrected chi connectivity index (χ0v) is 16.1. The average Bonchev–Trinajstić information content (AvgIpc) is 2.74. The van der Waals surface area contributed by atoms with Gasteiger partial charge < -0.3 is 19.6 Å². The molecule has 0 saturated carbocycles. The number of benzene rings is 2. The fourth-order valence-electron chi connectivity index (χ4n) is 3.74. The van der Waals surface area contributed by atoms with E-state index >= 15 is 0 Å². The van der Waals surface area contributed by atoms with Crippen molar-refractivity contribution in [3.8, 4) is 5.75 Å². The van der Waals surface area contributed by atoms with Crippen LogP contribution < -0.4 is 9.64 Å². The average molecular weight is 401 g/mol. The third-order valence-electron chi connectivity index (χ3n) is 5.23. The van der Waals surface area contributed by atoms with Gasteiger partial charge in [0.25, 0.3) is 5.91 Å². The number of rotatable bonds is 3. The lowest BCUT2D eigenvalue weighted by atomic mass is 10.1. The summed E-state index contributed by atoms with van der Waals surface area (Å²) in [4.78, 5) is 27.8. The minimum atomic E-state index is -0.960. The van der Waals surface area contributed by atoms with Gasteiger partial charge >= 0.3 is 5.97 Å². The molecule has 2 aliphatic rings. The zero-order chi connectivity index (χ0) is 19.7. The molecule has 1 saturated heterocycles. The second kappa shape index (κ2) is 7.72. The van der Waals surface area contributed by atoms with Gasteiger partial charge in [-0.2, -0.15) is 0 Å². The highest BCUT2D eigenvalue weighted by Crippen LogP contribution is 2.43. The minimum Gasteiger partial charge on any atom is -0.488 e. The van der Waals surface area contributed by atoms with Gasteiger partial charge in [0.2, 0.25) is 0 Å². The monoisotopic (exact) mass is 400 g/mol. The first-order chi connectivity index (χ1) is 13.6. The zero-order valence-electron chi connectivity index (χ0n) is 15.4. The number of ether oxygens (including phenoxy) is 1. The number of likely N-dealkylation sites (tertiary alicyclic amines) is 1. The van der Waals surface area contributed by atoms with Crippen molar-refractivity contribution in [2.45, 2.75) is 19.3 Å². The molecule has 2 aliphatic heterocycles. The Bertz CT molecular complexity index is 907. The number of amides is 1. The molecule has 4 rings (SSSR count). The molecule has 0 atom stereocenters. The van der Waals surface area contributed by atoms with Gasteiger partial charge in [-0.3, -0.25) is 4.79 Å². The maximum Gasteiger partial charge on any atom is 0.335 e. The summed E-state index contributed by atoms with van der Waals surface area (Å²) in [6.45, 7) is 2.55. The SMILES string of the molecule is O=C(O)c1ccc(N2CCOc3c2ccc(C(=O)N2CCCCC2)c3Cl)cc1. The molecule has 2 aromatic carbocycles. The van der Waals surface area contributed by atoms with Crippen LogP contribution in [0.1, 0.15) is 40.0 Å². The van der Waals surface area contributed by atoms with Gasteiger partial charge in [0, 0.05) is 18.8 Å². The summed E-state index contributed by atoms with van der Waals surface area (Å²) in [6.07, 6.45) is 3.19. The van der Waals surface area contributed by atoms with Crippen molar-refractivity contribution in [1.29, 1.82) is 0 Å². The molecule has 146 valence electrons. The number of carbonyl (C=O) groups excluding carboxylic acids is 1. The van der Waals surface area contributed by atoms with E-state index in [2.05, 4.69) is 0 Å². The van der Waals surface area contributed by atoms with Crippen molar-refractivity contribution in [2.75, 3.05) is 31.1 Å². The molecule has 2 heterocycles. The Morgan fingerprint density at radius 3 is 2.36 bits per heavy atom. The first-order valence-corrected chi connectivity index (χ1v) is 9.79. The molecule has 1 N–H and O–H groups in total. The summed E-state index contributed by atoms with van der Waals surface area (Å²) in [5.74, 6) is -0.519. The number of fused-ring (bicyclic) bond motifs is 1. The molecule has 7 heteroatoms. The number of nitrogens with zero attached hydrogens (tertiary/aromatic N) is 2. The van der Waals surface area contributed by atoms with Crippen LogP contribution in [0, 0.1) is 0 Å². The third-order valence-corrected chi connectivity index (χ3v) is 5.60. The number of carboxylic acids is 1. The Kier molecular flexibility index (Phi) is 5.13. The molecular formula is C21H21ClN2O4. The van der Waals surface area contributed by atoms with E-state index in [0.29, 0.717) is 29.5 Å². The van der Waals surface area contributed by atoms with Crippen LogP contribution in [0.25, 0.3) is 0 Å². The number of piperidine rings is 1. The van der Waals surface area contributed by atoms with Crippen molar-refractivity contribution >= 4 is 34.9 Å². The van der Waals surface area contributed by atoms with E-state index in [0.717, 1.165) is 43.7 Å². The van der Waals surface area contributed by atoms with E-state index in [1.165, 1.54) is 0 Å². The molecule has 0 aromatic heterocycles. The summed E-state index contributed by atoms with van der Waals surface area (Å²) in [6, 6.07) is 10.3. The van der Waals surface area contributed by atoms with Gasteiger partial charge in [-0.25, -0.2) is 4.79 Å². The summed E-state index contributed by atoms with van der Waals surface area (Å²) >= 11 is 6.58. The second-order valence-corrected chi connectivity index (χ2v) is 7.36. The molecule has 6 nitrogen and oxygen atoms in total. The molecule has 0 aliphatic carbocycles. The molecule has 1 amide bonds. The Morgan fingerprint density at radius 2 is 1.68 bits per heavy atom. The normalized spacial score (nSPS) is 16.3. The van der Waals surface area contributed by atoms with Gasteiger partial charge in [0.1, 0.15) is 6.61 Å². The van der Waals surface area contributed by atoms with E-state index in [4.69, 9.17) is 21.4 Å². The second-order valence-electron chi connectivity index (χ2n) is 6.98. The van der Waals surface area contributed by atoms with Crippen molar-refractivity contribution in [1.82, 2.24) is 4.90 Å². The highest BCUT2D eigenvalue weighted by atomic mass is 35.5. The number of anilines is 2. The van der Waals surface area contributed by atoms with Crippen LogP contribution in [0.5, 0.6) is 5.75 Å². The van der Waals surface area contributed by atoms with E-state index < -0.39 is 5.97 Å². The lowest BCUT2D eigenvalue weighted by molar-refractivity contribution is 0.0694. The molecule has 2 aromatic rings. The number of carbonyl (C=O) groups is 2. The van der Waals surface area contributed by atoms with E-state index in [-0.39, 0.29) is 11.5 Å². The first kappa shape index (κ1) is 18.6. The van der Waals surface area contributed by atoms with Gasteiger partial charge in [0.05, 0.1) is 28.4 Å². The maximum atomic E-state index is 12.9. The third kappa shape index (κ3) is 3.40. The summed E-state index contributed by atoms with van der Waals surface area (Å²) in [5.41, 5.74) is 2.32. The van der Waals surface area contributed by atoms with Gasteiger partial charge in [0.15, 0.2) is 5.75 Å². The summed E-state index contributed by atoms with van der Waals surface area (Å²) < 4.78 is 5.81. The quantitative estimate of drug-likeness (QED) is 0.836. The Balaban J connectivity index is 1.65. The molecule has 0 spiro atoms. The van der Waals surface area contributed by atoms with Crippen LogP contribution >= 0.6 is 11.6 Å². The Morgan fingerprint density at radius 1 is 0.964 bits per heavy atom. The molecule has 0 bridgehead atoms. The van der Waals surface area contributed by atoms with Crippen molar-refractivity contribution in [2.24, 2.45) is 0 Å². The number of hydrogen-bond donors (Lipinski definition) is 1. The van der Waals surface area contributed by atoms with Gasteiger partial charge in [-0.05, 0) is 55.7 Å². The van der Waals surface area contributed by atoms with Crippen molar-refractivity contribution < 1.29 is 19.4 Å². The van der Waals surface area contributed by atoms with Crippen LogP contribution in [0.2, 0.25) is 5.02 Å². The van der Waals surface area contributed by atoms with Crippen molar-refractivity contribution in [3.05, 3.63) is 52.5 Å². The standard InChI is InChI=1S/C21H21ClN2O4/c22-18-16(20(25)23-10-2-1-3-11-23)8-9-17-19(18)28-13-12-24(17)15-6-4-14(5-7-15)21(26)27/h4-9H,1-3,10-13H2,(H,26,27). The number of aromatic carboxylic acids is 1. The van der Waals surface area contributed by atoms with Gasteiger partial charge in [-0.15, -0.1) is 0 Å². The van der Waals surface area contributed by atoms with Crippen LogP contribution in [0.3, 0.4) is 0 Å². The van der Waals surface area contributed by atoms with Crippen LogP contribution in [0.4, 0.5) is 11.4 Å². The number of hydrogen-bond acceptors (Lipinski definition) is 4. The predicted molar refractivity (Wildman–Crippen MR) is 107 cm³/mol. The fourth-order valence-corrected chi connectivity index (χ4v) is 4.04. The summed E-state index contributed by atoms with van der Waals surface area (Å²) in [7, 11) is 0. The van der Waals surface area contributed by atoms with Crippen LogP contribution in [-0.2, 0) is 0 Å². The number of carboxylic acid groups (broad SMARTS) is 1. The molecule has 0 radical (unpaired) electrons. The molecule has 1 fully saturated rings. The molecule has 28 heavy (non-hydrogen) atoms. The highest BCUT2D eigenvalue weighted by Gasteiger charge is 2.28. The Labute approximate surface area is 168 Å². The molecule has 0 unspecified atom stereocenters. The van der Waals surface area contributed by atoms with Crippen molar-refractivity contribution in [3.63, 3.8) is 0 Å². The van der Waals surface area contributed by atoms with E-state index in [9.17, 15) is 9.59 Å². The predicted octanol–water partition coefficient (Wildman–Crippen LogP) is 4.19. The Hall–Kier alpha value is -2.73. The molecular weight excluding hydrogens is 380 g/mol. The topological polar surface area (TPSA) is 70.1 Å². The summed E-state index contributed by atoms with van der Waals surface area (Å²) in [5, 5.41) is 9.42. The first-order valence-electron chi connectivity index (χ1n) is 9.42.